The number of allylic oxidation sites excluding steroid dienone is 3. The smallest absolute Gasteiger partial charge is 0.220 e. The first kappa shape index (κ1) is 59.6. The minimum atomic E-state index is -1.79. The van der Waals surface area contributed by atoms with E-state index in [2.05, 4.69) is 31.3 Å². The van der Waals surface area contributed by atoms with Gasteiger partial charge < -0.3 is 65.1 Å². The SMILES string of the molecule is CCCCCCCCCCCCC/C=C/CC/C=C/C(O)C(COC1OC(CO)C(OC2OC(CO)C(O)C(O)C2O)C(O)C1O)NC(=O)CCCCCCCCCCCCCCCC. The highest BCUT2D eigenvalue weighted by Gasteiger charge is 2.51. The molecule has 12 atom stereocenters. The molecular formula is C51H95NO13. The van der Waals surface area contributed by atoms with E-state index in [-0.39, 0.29) is 18.9 Å². The third kappa shape index (κ3) is 25.6. The second kappa shape index (κ2) is 38.3. The maximum atomic E-state index is 13.2. The lowest BCUT2D eigenvalue weighted by Gasteiger charge is -2.46. The zero-order chi connectivity index (χ0) is 47.5. The van der Waals surface area contributed by atoms with Gasteiger partial charge >= 0.3 is 0 Å². The largest absolute Gasteiger partial charge is 0.394 e. The molecule has 0 aromatic carbocycles. The summed E-state index contributed by atoms with van der Waals surface area (Å²) in [6, 6.07) is -0.925. The van der Waals surface area contributed by atoms with Gasteiger partial charge in [0, 0.05) is 6.42 Å². The Morgan fingerprint density at radius 1 is 0.538 bits per heavy atom. The monoisotopic (exact) mass is 930 g/mol. The number of rotatable bonds is 40. The molecule has 2 saturated heterocycles. The van der Waals surface area contributed by atoms with Crippen LogP contribution in [0.4, 0.5) is 0 Å². The highest BCUT2D eigenvalue weighted by atomic mass is 16.7. The summed E-state index contributed by atoms with van der Waals surface area (Å²) < 4.78 is 22.7. The number of ether oxygens (including phenoxy) is 4. The fourth-order valence-electron chi connectivity index (χ4n) is 8.60. The van der Waals surface area contributed by atoms with Gasteiger partial charge in [0.25, 0.3) is 0 Å². The molecule has 14 nitrogen and oxygen atoms in total. The van der Waals surface area contributed by atoms with Crippen LogP contribution in [0.3, 0.4) is 0 Å². The number of hydrogen-bond donors (Lipinski definition) is 9. The van der Waals surface area contributed by atoms with Crippen molar-refractivity contribution >= 4 is 5.91 Å². The predicted octanol–water partition coefficient (Wildman–Crippen LogP) is 6.94. The lowest BCUT2D eigenvalue weighted by Crippen LogP contribution is -2.65. The highest BCUT2D eigenvalue weighted by molar-refractivity contribution is 5.76. The average molecular weight is 930 g/mol. The third-order valence-electron chi connectivity index (χ3n) is 12.9. The van der Waals surface area contributed by atoms with Gasteiger partial charge in [-0.05, 0) is 32.1 Å². The van der Waals surface area contributed by atoms with Gasteiger partial charge in [-0.1, -0.05) is 186 Å². The number of aliphatic hydroxyl groups is 8. The van der Waals surface area contributed by atoms with Crippen LogP contribution in [0.1, 0.15) is 200 Å². The Labute approximate surface area is 392 Å². The fraction of sp³-hybridized carbons (Fsp3) is 0.902. The molecule has 0 aromatic rings. The molecule has 0 radical (unpaired) electrons. The first-order valence-electron chi connectivity index (χ1n) is 26.1. The van der Waals surface area contributed by atoms with E-state index >= 15 is 0 Å². The summed E-state index contributed by atoms with van der Waals surface area (Å²) in [5, 5.41) is 86.7. The Morgan fingerprint density at radius 3 is 1.51 bits per heavy atom. The van der Waals surface area contributed by atoms with Crippen molar-refractivity contribution in [3.8, 4) is 0 Å². The molecule has 2 aliphatic heterocycles. The van der Waals surface area contributed by atoms with Crippen molar-refractivity contribution in [2.24, 2.45) is 0 Å². The molecule has 0 spiro atoms. The van der Waals surface area contributed by atoms with Crippen LogP contribution in [-0.2, 0) is 23.7 Å². The maximum Gasteiger partial charge on any atom is 0.220 e. The first-order valence-corrected chi connectivity index (χ1v) is 26.1. The average Bonchev–Trinajstić information content (AvgIpc) is 3.30. The van der Waals surface area contributed by atoms with Crippen LogP contribution in [0, 0.1) is 0 Å². The van der Waals surface area contributed by atoms with E-state index in [0.29, 0.717) is 12.8 Å². The Morgan fingerprint density at radius 2 is 0.985 bits per heavy atom. The molecule has 2 heterocycles. The van der Waals surface area contributed by atoms with Crippen LogP contribution in [0.2, 0.25) is 0 Å². The van der Waals surface area contributed by atoms with Gasteiger partial charge in [0.2, 0.25) is 5.91 Å². The molecule has 12 unspecified atom stereocenters. The zero-order valence-corrected chi connectivity index (χ0v) is 40.5. The molecule has 0 aliphatic carbocycles. The highest BCUT2D eigenvalue weighted by Crippen LogP contribution is 2.30. The van der Waals surface area contributed by atoms with Crippen LogP contribution < -0.4 is 5.32 Å². The lowest BCUT2D eigenvalue weighted by atomic mass is 9.97. The van der Waals surface area contributed by atoms with E-state index in [1.54, 1.807) is 6.08 Å². The first-order chi connectivity index (χ1) is 31.6. The van der Waals surface area contributed by atoms with Gasteiger partial charge in [0.05, 0.1) is 32.0 Å². The summed E-state index contributed by atoms with van der Waals surface area (Å²) in [4.78, 5) is 13.2. The molecule has 2 aliphatic rings. The number of unbranched alkanes of at least 4 members (excludes halogenated alkanes) is 25. The molecule has 382 valence electrons. The Bertz CT molecular complexity index is 1190. The molecule has 1 amide bonds. The number of hydrogen-bond acceptors (Lipinski definition) is 13. The van der Waals surface area contributed by atoms with Crippen molar-refractivity contribution in [2.45, 2.75) is 274 Å². The third-order valence-corrected chi connectivity index (χ3v) is 12.9. The number of carbonyl (C=O) groups excluding carboxylic acids is 1. The summed E-state index contributed by atoms with van der Waals surface area (Å²) in [7, 11) is 0. The van der Waals surface area contributed by atoms with Gasteiger partial charge in [-0.15, -0.1) is 0 Å². The molecule has 0 bridgehead atoms. The molecule has 0 aromatic heterocycles. The zero-order valence-electron chi connectivity index (χ0n) is 40.5. The van der Waals surface area contributed by atoms with Crippen LogP contribution in [0.15, 0.2) is 24.3 Å². The minimum absolute atomic E-state index is 0.248. The van der Waals surface area contributed by atoms with E-state index < -0.39 is 86.8 Å². The molecule has 2 rings (SSSR count). The number of aliphatic hydroxyl groups excluding tert-OH is 8. The van der Waals surface area contributed by atoms with Gasteiger partial charge in [0.1, 0.15) is 48.8 Å². The van der Waals surface area contributed by atoms with E-state index in [1.807, 2.05) is 6.08 Å². The molecular weight excluding hydrogens is 835 g/mol. The summed E-state index contributed by atoms with van der Waals surface area (Å²) >= 11 is 0. The van der Waals surface area contributed by atoms with Crippen molar-refractivity contribution in [2.75, 3.05) is 19.8 Å². The molecule has 65 heavy (non-hydrogen) atoms. The second-order valence-corrected chi connectivity index (χ2v) is 18.6. The van der Waals surface area contributed by atoms with E-state index in [1.165, 1.54) is 135 Å². The van der Waals surface area contributed by atoms with Gasteiger partial charge in [0.15, 0.2) is 12.6 Å². The van der Waals surface area contributed by atoms with Crippen LogP contribution >= 0.6 is 0 Å². The molecule has 0 saturated carbocycles. The Balaban J connectivity index is 1.86. The number of nitrogens with one attached hydrogen (secondary N) is 1. The number of carbonyl (C=O) groups is 1. The molecule has 9 N–H and O–H groups in total. The van der Waals surface area contributed by atoms with Gasteiger partial charge in [-0.3, -0.25) is 4.79 Å². The van der Waals surface area contributed by atoms with Crippen molar-refractivity contribution in [1.29, 1.82) is 0 Å². The molecule has 14 heteroatoms. The van der Waals surface area contributed by atoms with Crippen LogP contribution in [0.25, 0.3) is 0 Å². The van der Waals surface area contributed by atoms with Crippen LogP contribution in [-0.4, -0.2) is 140 Å². The van der Waals surface area contributed by atoms with E-state index in [9.17, 15) is 45.6 Å². The van der Waals surface area contributed by atoms with Gasteiger partial charge in [-0.2, -0.15) is 0 Å². The predicted molar refractivity (Wildman–Crippen MR) is 254 cm³/mol. The van der Waals surface area contributed by atoms with Crippen molar-refractivity contribution in [3.05, 3.63) is 24.3 Å². The maximum absolute atomic E-state index is 13.2. The molecule has 2 fully saturated rings. The lowest BCUT2D eigenvalue weighted by molar-refractivity contribution is -0.359. The normalized spacial score (nSPS) is 27.2. The van der Waals surface area contributed by atoms with Crippen molar-refractivity contribution < 1.29 is 64.6 Å². The fourth-order valence-corrected chi connectivity index (χ4v) is 8.60. The van der Waals surface area contributed by atoms with E-state index in [4.69, 9.17) is 18.9 Å². The van der Waals surface area contributed by atoms with Crippen LogP contribution in [0.5, 0.6) is 0 Å². The second-order valence-electron chi connectivity index (χ2n) is 18.6. The topological polar surface area (TPSA) is 228 Å². The quantitative estimate of drug-likeness (QED) is 0.0225. The Kier molecular flexibility index (Phi) is 35.1. The standard InChI is InChI=1S/C51H95NO13/c1-3-5-7-9-11-13-15-17-19-20-21-22-24-26-28-30-32-34-40(55)39(52-43(56)35-33-31-29-27-25-23-18-16-14-12-10-8-6-4-2)38-62-50-48(61)46(59)49(42(37-54)64-50)65-51-47(60)45(58)44(57)41(36-53)63-51/h24,26,32,34,39-42,44-51,53-55,57-61H,3-23,25,27-31,33,35-38H2,1-2H3,(H,52,56)/b26-24+,34-32+. The summed E-state index contributed by atoms with van der Waals surface area (Å²) in [5.41, 5.74) is 0. The summed E-state index contributed by atoms with van der Waals surface area (Å²) in [6.45, 7) is 2.77. The Hall–Kier alpha value is -1.53. The number of amides is 1. The van der Waals surface area contributed by atoms with E-state index in [0.717, 1.165) is 32.1 Å². The van der Waals surface area contributed by atoms with Gasteiger partial charge in [-0.25, -0.2) is 0 Å². The summed E-state index contributed by atoms with van der Waals surface area (Å²) in [5.74, 6) is -0.248. The van der Waals surface area contributed by atoms with Crippen molar-refractivity contribution in [1.82, 2.24) is 5.32 Å². The van der Waals surface area contributed by atoms with Crippen molar-refractivity contribution in [3.63, 3.8) is 0 Å². The minimum Gasteiger partial charge on any atom is -0.394 e. The summed E-state index contributed by atoms with van der Waals surface area (Å²) in [6.07, 6.45) is 25.0.